The summed E-state index contributed by atoms with van der Waals surface area (Å²) in [7, 11) is 0. The number of carbonyl (C=O) groups excluding carboxylic acids is 2. The van der Waals surface area contributed by atoms with E-state index in [0.29, 0.717) is 19.6 Å². The summed E-state index contributed by atoms with van der Waals surface area (Å²) in [5.41, 5.74) is 0. The highest BCUT2D eigenvalue weighted by molar-refractivity contribution is 5.72. The Balaban J connectivity index is 2.44. The van der Waals surface area contributed by atoms with Crippen LogP contribution in [0.15, 0.2) is 0 Å². The third-order valence-electron chi connectivity index (χ3n) is 2.68. The molecule has 1 heterocycles. The van der Waals surface area contributed by atoms with Gasteiger partial charge in [-0.3, -0.25) is 0 Å². The van der Waals surface area contributed by atoms with Crippen molar-refractivity contribution in [1.29, 1.82) is 0 Å². The van der Waals surface area contributed by atoms with Gasteiger partial charge in [0.05, 0.1) is 31.8 Å². The van der Waals surface area contributed by atoms with Crippen molar-refractivity contribution in [2.45, 2.75) is 25.4 Å². The maximum Gasteiger partial charge on any atom is 0.347 e. The summed E-state index contributed by atoms with van der Waals surface area (Å²) in [5.74, 6) is -2.34. The molecule has 1 aliphatic rings. The summed E-state index contributed by atoms with van der Waals surface area (Å²) in [6.07, 6.45) is -0.00979. The summed E-state index contributed by atoms with van der Waals surface area (Å²) < 4.78 is 10.5. The smallest absolute Gasteiger partial charge is 0.347 e. The molecule has 1 rings (SSSR count). The van der Waals surface area contributed by atoms with E-state index in [1.54, 1.807) is 0 Å². The lowest BCUT2D eigenvalue weighted by molar-refractivity contribution is -0.246. The van der Waals surface area contributed by atoms with Crippen molar-refractivity contribution in [3.05, 3.63) is 0 Å². The molecule has 0 radical (unpaired) electrons. The number of hydrogen-bond acceptors (Lipinski definition) is 8. The molecule has 0 saturated carbocycles. The Morgan fingerprint density at radius 2 is 2.06 bits per heavy atom. The molecule has 1 saturated heterocycles. The fraction of sp³-hybridized carbons (Fsp3) is 0.800. The average Bonchev–Trinajstić information content (AvgIpc) is 2.43. The van der Waals surface area contributed by atoms with Crippen molar-refractivity contribution < 1.29 is 39.4 Å². The standard InChI is InChI=1S/C10H16O8/c11-9(17-13)3-1-2-7(10(12)18-14)8-6-15-4-5-16-8/h7-8,13-14H,1-6H2. The van der Waals surface area contributed by atoms with Crippen LogP contribution < -0.4 is 0 Å². The van der Waals surface area contributed by atoms with Crippen LogP contribution in [-0.4, -0.2) is 48.4 Å². The van der Waals surface area contributed by atoms with Crippen molar-refractivity contribution in [3.63, 3.8) is 0 Å². The number of carbonyl (C=O) groups is 2. The summed E-state index contributed by atoms with van der Waals surface area (Å²) in [6, 6.07) is 0. The molecule has 2 unspecified atom stereocenters. The minimum Gasteiger partial charge on any atom is -0.376 e. The van der Waals surface area contributed by atoms with Gasteiger partial charge in [-0.15, -0.1) is 0 Å². The maximum absolute atomic E-state index is 11.4. The fourth-order valence-electron chi connectivity index (χ4n) is 1.77. The fourth-order valence-corrected chi connectivity index (χ4v) is 1.77. The summed E-state index contributed by atoms with van der Waals surface area (Å²) >= 11 is 0. The van der Waals surface area contributed by atoms with Gasteiger partial charge in [-0.05, 0) is 12.8 Å². The molecular weight excluding hydrogens is 248 g/mol. The van der Waals surface area contributed by atoms with E-state index >= 15 is 0 Å². The van der Waals surface area contributed by atoms with Crippen LogP contribution in [0.4, 0.5) is 0 Å². The van der Waals surface area contributed by atoms with E-state index in [1.807, 2.05) is 0 Å². The Hall–Kier alpha value is -1.22. The Bertz CT molecular complexity index is 273. The maximum atomic E-state index is 11.4. The Morgan fingerprint density at radius 3 is 2.61 bits per heavy atom. The molecule has 0 aliphatic carbocycles. The first-order valence-electron chi connectivity index (χ1n) is 5.58. The molecule has 2 N–H and O–H groups in total. The normalized spacial score (nSPS) is 21.1. The molecule has 8 heteroatoms. The zero-order valence-corrected chi connectivity index (χ0v) is 9.74. The van der Waals surface area contributed by atoms with Crippen molar-refractivity contribution in [3.8, 4) is 0 Å². The van der Waals surface area contributed by atoms with Crippen molar-refractivity contribution >= 4 is 11.9 Å². The molecule has 0 bridgehead atoms. The minimum atomic E-state index is -0.831. The molecule has 0 spiro atoms. The van der Waals surface area contributed by atoms with E-state index in [4.69, 9.17) is 20.0 Å². The number of hydrogen-bond donors (Lipinski definition) is 2. The van der Waals surface area contributed by atoms with Gasteiger partial charge in [0.1, 0.15) is 0 Å². The largest absolute Gasteiger partial charge is 0.376 e. The first-order valence-corrected chi connectivity index (χ1v) is 5.58. The minimum absolute atomic E-state index is 0.0424. The Kier molecular flexibility index (Phi) is 6.58. The second-order valence-electron chi connectivity index (χ2n) is 3.86. The van der Waals surface area contributed by atoms with E-state index in [-0.39, 0.29) is 19.4 Å². The van der Waals surface area contributed by atoms with Gasteiger partial charge < -0.3 is 19.2 Å². The van der Waals surface area contributed by atoms with Crippen LogP contribution in [0.2, 0.25) is 0 Å². The molecule has 2 atom stereocenters. The lowest BCUT2D eigenvalue weighted by atomic mass is 9.96. The lowest BCUT2D eigenvalue weighted by Crippen LogP contribution is -2.39. The average molecular weight is 264 g/mol. The lowest BCUT2D eigenvalue weighted by Gasteiger charge is -2.28. The molecular formula is C10H16O8. The summed E-state index contributed by atoms with van der Waals surface area (Å²) in [4.78, 5) is 29.3. The van der Waals surface area contributed by atoms with E-state index in [2.05, 4.69) is 9.78 Å². The van der Waals surface area contributed by atoms with E-state index in [9.17, 15) is 9.59 Å². The predicted molar refractivity (Wildman–Crippen MR) is 55.3 cm³/mol. The zero-order chi connectivity index (χ0) is 13.4. The zero-order valence-electron chi connectivity index (χ0n) is 9.74. The molecule has 8 nitrogen and oxygen atoms in total. The SMILES string of the molecule is O=C(CCCC(C(=O)OO)C1COCCO1)OO. The number of ether oxygens (including phenoxy) is 2. The van der Waals surface area contributed by atoms with Crippen molar-refractivity contribution in [2.24, 2.45) is 5.92 Å². The van der Waals surface area contributed by atoms with E-state index < -0.39 is 24.0 Å². The van der Waals surface area contributed by atoms with Crippen LogP contribution in [0.3, 0.4) is 0 Å². The highest BCUT2D eigenvalue weighted by Crippen LogP contribution is 2.20. The van der Waals surface area contributed by atoms with E-state index in [1.165, 1.54) is 0 Å². The molecule has 18 heavy (non-hydrogen) atoms. The first-order chi connectivity index (χ1) is 8.69. The van der Waals surface area contributed by atoms with Crippen LogP contribution in [0.1, 0.15) is 19.3 Å². The van der Waals surface area contributed by atoms with Gasteiger partial charge in [-0.1, -0.05) is 0 Å². The molecule has 1 aliphatic heterocycles. The second-order valence-corrected chi connectivity index (χ2v) is 3.86. The topological polar surface area (TPSA) is 112 Å². The van der Waals surface area contributed by atoms with Gasteiger partial charge in [0.25, 0.3) is 0 Å². The Morgan fingerprint density at radius 1 is 1.28 bits per heavy atom. The van der Waals surface area contributed by atoms with Gasteiger partial charge in [-0.2, -0.15) is 10.5 Å². The van der Waals surface area contributed by atoms with Crippen LogP contribution in [0.5, 0.6) is 0 Å². The third-order valence-corrected chi connectivity index (χ3v) is 2.68. The molecule has 0 aromatic carbocycles. The predicted octanol–water partition coefficient (Wildman–Crippen LogP) is 0.221. The second kappa shape index (κ2) is 7.98. The van der Waals surface area contributed by atoms with Crippen LogP contribution in [-0.2, 0) is 28.8 Å². The van der Waals surface area contributed by atoms with Crippen LogP contribution >= 0.6 is 0 Å². The quantitative estimate of drug-likeness (QED) is 0.517. The highest BCUT2D eigenvalue weighted by Gasteiger charge is 2.32. The monoisotopic (exact) mass is 264 g/mol. The van der Waals surface area contributed by atoms with Gasteiger partial charge in [0.15, 0.2) is 0 Å². The van der Waals surface area contributed by atoms with Gasteiger partial charge >= 0.3 is 11.9 Å². The first kappa shape index (κ1) is 14.8. The van der Waals surface area contributed by atoms with Gasteiger partial charge in [-0.25, -0.2) is 9.59 Å². The molecule has 0 amide bonds. The molecule has 0 aromatic heterocycles. The third kappa shape index (κ3) is 4.57. The van der Waals surface area contributed by atoms with Gasteiger partial charge in [0, 0.05) is 6.42 Å². The Labute approximate surface area is 103 Å². The van der Waals surface area contributed by atoms with Crippen LogP contribution in [0, 0.1) is 5.92 Å². The highest BCUT2D eigenvalue weighted by atomic mass is 17.1. The molecule has 104 valence electrons. The molecule has 0 aromatic rings. The van der Waals surface area contributed by atoms with Crippen molar-refractivity contribution in [2.75, 3.05) is 19.8 Å². The van der Waals surface area contributed by atoms with Gasteiger partial charge in [0.2, 0.25) is 0 Å². The number of rotatable bonds is 6. The van der Waals surface area contributed by atoms with Crippen molar-refractivity contribution in [1.82, 2.24) is 0 Å². The summed E-state index contributed by atoms with van der Waals surface area (Å²) in [5, 5.41) is 16.5. The molecule has 1 fully saturated rings. The summed E-state index contributed by atoms with van der Waals surface area (Å²) in [6.45, 7) is 1.04. The van der Waals surface area contributed by atoms with Crippen LogP contribution in [0.25, 0.3) is 0 Å². The van der Waals surface area contributed by atoms with E-state index in [0.717, 1.165) is 0 Å².